The predicted molar refractivity (Wildman–Crippen MR) is 82.8 cm³/mol. The molecule has 0 amide bonds. The molecule has 0 radical (unpaired) electrons. The van der Waals surface area contributed by atoms with Gasteiger partial charge in [-0.25, -0.2) is 0 Å². The van der Waals surface area contributed by atoms with E-state index < -0.39 is 0 Å². The first kappa shape index (κ1) is 16.0. The smallest absolute Gasteiger partial charge is 0.124 e. The normalized spacial score (nSPS) is 12.7. The molecule has 2 nitrogen and oxygen atoms in total. The van der Waals surface area contributed by atoms with Crippen LogP contribution in [0.25, 0.3) is 0 Å². The Morgan fingerprint density at radius 1 is 1.21 bits per heavy atom. The second-order valence-electron chi connectivity index (χ2n) is 5.75. The van der Waals surface area contributed by atoms with Gasteiger partial charge in [0.15, 0.2) is 0 Å². The van der Waals surface area contributed by atoms with Crippen molar-refractivity contribution < 1.29 is 4.74 Å². The van der Waals surface area contributed by atoms with Gasteiger partial charge in [-0.15, -0.1) is 0 Å². The Morgan fingerprint density at radius 3 is 2.58 bits per heavy atom. The van der Waals surface area contributed by atoms with Crippen LogP contribution in [0.15, 0.2) is 18.2 Å². The van der Waals surface area contributed by atoms with E-state index in [0.717, 1.165) is 31.7 Å². The zero-order valence-corrected chi connectivity index (χ0v) is 13.1. The predicted octanol–water partition coefficient (Wildman–Crippen LogP) is 4.48. The number of ether oxygens (including phenoxy) is 1. The van der Waals surface area contributed by atoms with Crippen LogP contribution in [-0.2, 0) is 0 Å². The monoisotopic (exact) mass is 263 g/mol. The Balaban J connectivity index is 2.73. The van der Waals surface area contributed by atoms with Gasteiger partial charge >= 0.3 is 0 Å². The molecule has 0 saturated carbocycles. The second-order valence-corrected chi connectivity index (χ2v) is 5.75. The Labute approximate surface area is 118 Å². The molecular weight excluding hydrogens is 234 g/mol. The van der Waals surface area contributed by atoms with Gasteiger partial charge in [-0.1, -0.05) is 38.5 Å². The quantitative estimate of drug-likeness (QED) is 0.746. The third-order valence-corrected chi connectivity index (χ3v) is 3.29. The molecular formula is C17H29NO. The fourth-order valence-corrected chi connectivity index (χ4v) is 2.01. The van der Waals surface area contributed by atoms with Crippen molar-refractivity contribution in [1.82, 2.24) is 5.32 Å². The van der Waals surface area contributed by atoms with E-state index in [-0.39, 0.29) is 0 Å². The second kappa shape index (κ2) is 8.21. The molecule has 1 aromatic rings. The van der Waals surface area contributed by atoms with Crippen molar-refractivity contribution in [3.63, 3.8) is 0 Å². The average Bonchev–Trinajstić information content (AvgIpc) is 2.37. The van der Waals surface area contributed by atoms with E-state index in [2.05, 4.69) is 58.1 Å². The van der Waals surface area contributed by atoms with E-state index in [4.69, 9.17) is 4.74 Å². The molecule has 0 aliphatic carbocycles. The van der Waals surface area contributed by atoms with Crippen molar-refractivity contribution in [2.75, 3.05) is 13.2 Å². The molecule has 2 heteroatoms. The lowest BCUT2D eigenvalue weighted by Gasteiger charge is -2.19. The topological polar surface area (TPSA) is 21.3 Å². The highest BCUT2D eigenvalue weighted by Gasteiger charge is 2.11. The molecule has 0 bridgehead atoms. The molecule has 1 aromatic carbocycles. The minimum absolute atomic E-state index is 0.342. The lowest BCUT2D eigenvalue weighted by Crippen LogP contribution is -2.20. The number of nitrogens with one attached hydrogen (secondary N) is 1. The minimum atomic E-state index is 0.342. The zero-order chi connectivity index (χ0) is 14.3. The van der Waals surface area contributed by atoms with Crippen molar-refractivity contribution in [3.8, 4) is 5.75 Å². The van der Waals surface area contributed by atoms with E-state index in [1.165, 1.54) is 11.1 Å². The first-order valence-electron chi connectivity index (χ1n) is 7.51. The molecule has 108 valence electrons. The van der Waals surface area contributed by atoms with Crippen LogP contribution in [0.1, 0.15) is 57.7 Å². The molecule has 0 aromatic heterocycles. The molecule has 1 rings (SSSR count). The van der Waals surface area contributed by atoms with Gasteiger partial charge in [-0.05, 0) is 45.2 Å². The Morgan fingerprint density at radius 2 is 1.95 bits per heavy atom. The molecule has 0 aliphatic rings. The van der Waals surface area contributed by atoms with E-state index >= 15 is 0 Å². The van der Waals surface area contributed by atoms with E-state index in [9.17, 15) is 0 Å². The summed E-state index contributed by atoms with van der Waals surface area (Å²) >= 11 is 0. The number of hydrogen-bond acceptors (Lipinski definition) is 2. The van der Waals surface area contributed by atoms with Gasteiger partial charge in [0.1, 0.15) is 5.75 Å². The van der Waals surface area contributed by atoms with Crippen LogP contribution in [0.3, 0.4) is 0 Å². The molecule has 0 saturated heterocycles. The summed E-state index contributed by atoms with van der Waals surface area (Å²) in [5, 5.41) is 3.54. The highest BCUT2D eigenvalue weighted by molar-refractivity contribution is 5.39. The SMILES string of the molecule is CCCNC(C)c1cc(C)ccc1OCCC(C)C. The maximum Gasteiger partial charge on any atom is 0.124 e. The van der Waals surface area contributed by atoms with Gasteiger partial charge in [-0.2, -0.15) is 0 Å². The molecule has 1 unspecified atom stereocenters. The summed E-state index contributed by atoms with van der Waals surface area (Å²) in [6.07, 6.45) is 2.25. The Hall–Kier alpha value is -1.02. The molecule has 1 N–H and O–H groups in total. The summed E-state index contributed by atoms with van der Waals surface area (Å²) < 4.78 is 5.96. The highest BCUT2D eigenvalue weighted by Crippen LogP contribution is 2.26. The van der Waals surface area contributed by atoms with E-state index in [1.54, 1.807) is 0 Å². The van der Waals surface area contributed by atoms with Crippen LogP contribution in [0.4, 0.5) is 0 Å². The number of rotatable bonds is 8. The van der Waals surface area contributed by atoms with Crippen molar-refractivity contribution in [3.05, 3.63) is 29.3 Å². The summed E-state index contributed by atoms with van der Waals surface area (Å²) in [5.74, 6) is 1.71. The standard InChI is InChI=1S/C17H29NO/c1-6-10-18-15(5)16-12-14(4)7-8-17(16)19-11-9-13(2)3/h7-8,12-13,15,18H,6,9-11H2,1-5H3. The summed E-state index contributed by atoms with van der Waals surface area (Å²) in [6, 6.07) is 6.81. The summed E-state index contributed by atoms with van der Waals surface area (Å²) in [4.78, 5) is 0. The van der Waals surface area contributed by atoms with Crippen molar-refractivity contribution in [2.24, 2.45) is 5.92 Å². The van der Waals surface area contributed by atoms with Crippen LogP contribution in [0, 0.1) is 12.8 Å². The number of benzene rings is 1. The van der Waals surface area contributed by atoms with Crippen LogP contribution < -0.4 is 10.1 Å². The largest absolute Gasteiger partial charge is 0.493 e. The van der Waals surface area contributed by atoms with Gasteiger partial charge in [0.25, 0.3) is 0 Å². The van der Waals surface area contributed by atoms with E-state index in [0.29, 0.717) is 12.0 Å². The van der Waals surface area contributed by atoms with Gasteiger partial charge in [0.2, 0.25) is 0 Å². The Bertz CT molecular complexity index is 374. The van der Waals surface area contributed by atoms with Crippen molar-refractivity contribution >= 4 is 0 Å². The van der Waals surface area contributed by atoms with Crippen molar-refractivity contribution in [2.45, 2.75) is 53.5 Å². The van der Waals surface area contributed by atoms with Gasteiger partial charge in [0, 0.05) is 11.6 Å². The molecule has 1 atom stereocenters. The molecule has 0 spiro atoms. The van der Waals surface area contributed by atoms with Crippen molar-refractivity contribution in [1.29, 1.82) is 0 Å². The summed E-state index contributed by atoms with van der Waals surface area (Å²) in [5.41, 5.74) is 2.56. The molecule has 0 fully saturated rings. The average molecular weight is 263 g/mol. The lowest BCUT2D eigenvalue weighted by molar-refractivity contribution is 0.284. The third kappa shape index (κ3) is 5.65. The minimum Gasteiger partial charge on any atom is -0.493 e. The number of aryl methyl sites for hydroxylation is 1. The van der Waals surface area contributed by atoms with Crippen LogP contribution in [0.2, 0.25) is 0 Å². The highest BCUT2D eigenvalue weighted by atomic mass is 16.5. The van der Waals surface area contributed by atoms with Gasteiger partial charge < -0.3 is 10.1 Å². The maximum atomic E-state index is 5.96. The zero-order valence-electron chi connectivity index (χ0n) is 13.1. The van der Waals surface area contributed by atoms with Gasteiger partial charge in [-0.3, -0.25) is 0 Å². The molecule has 19 heavy (non-hydrogen) atoms. The van der Waals surface area contributed by atoms with E-state index in [1.807, 2.05) is 0 Å². The fraction of sp³-hybridized carbons (Fsp3) is 0.647. The van der Waals surface area contributed by atoms with Crippen LogP contribution in [-0.4, -0.2) is 13.2 Å². The van der Waals surface area contributed by atoms with Crippen LogP contribution in [0.5, 0.6) is 5.75 Å². The molecule has 0 heterocycles. The maximum absolute atomic E-state index is 5.96. The summed E-state index contributed by atoms with van der Waals surface area (Å²) in [7, 11) is 0. The lowest BCUT2D eigenvalue weighted by atomic mass is 10.0. The Kier molecular flexibility index (Phi) is 6.93. The molecule has 0 aliphatic heterocycles. The first-order valence-corrected chi connectivity index (χ1v) is 7.51. The summed E-state index contributed by atoms with van der Waals surface area (Å²) in [6.45, 7) is 12.8. The van der Waals surface area contributed by atoms with Gasteiger partial charge in [0.05, 0.1) is 6.61 Å². The van der Waals surface area contributed by atoms with Crippen LogP contribution >= 0.6 is 0 Å². The fourth-order valence-electron chi connectivity index (χ4n) is 2.01. The first-order chi connectivity index (χ1) is 9.04. The number of hydrogen-bond donors (Lipinski definition) is 1. The third-order valence-electron chi connectivity index (χ3n) is 3.29.